The highest BCUT2D eigenvalue weighted by atomic mass is 35.5. The van der Waals surface area contributed by atoms with Crippen molar-refractivity contribution >= 4 is 11.6 Å². The van der Waals surface area contributed by atoms with Crippen LogP contribution in [-0.2, 0) is 0 Å². The number of aromatic nitrogens is 1. The first-order valence-corrected chi connectivity index (χ1v) is 5.98. The van der Waals surface area contributed by atoms with Crippen molar-refractivity contribution in [2.75, 3.05) is 20.1 Å². The smallest absolute Gasteiger partial charge is 0.216 e. The minimum absolute atomic E-state index is 0.170. The normalized spacial score (nSPS) is 17.7. The van der Waals surface area contributed by atoms with Crippen molar-refractivity contribution < 1.29 is 4.74 Å². The van der Waals surface area contributed by atoms with E-state index in [4.69, 9.17) is 21.6 Å². The Hall–Kier alpha value is -1.31. The molecular weight excluding hydrogens is 238 g/mol. The maximum absolute atomic E-state index is 8.83. The molecule has 1 aliphatic heterocycles. The highest BCUT2D eigenvalue weighted by Gasteiger charge is 2.18. The van der Waals surface area contributed by atoms with Gasteiger partial charge in [0.15, 0.2) is 0 Å². The van der Waals surface area contributed by atoms with Crippen molar-refractivity contribution in [1.29, 1.82) is 5.26 Å². The molecule has 2 rings (SSSR count). The molecule has 17 heavy (non-hydrogen) atoms. The maximum atomic E-state index is 8.83. The number of pyridine rings is 1. The summed E-state index contributed by atoms with van der Waals surface area (Å²) in [6.07, 6.45) is 2.13. The number of nitriles is 1. The van der Waals surface area contributed by atoms with Crippen LogP contribution >= 0.6 is 11.6 Å². The fraction of sp³-hybridized carbons (Fsp3) is 0.500. The summed E-state index contributed by atoms with van der Waals surface area (Å²) in [6, 6.07) is 5.20. The fourth-order valence-corrected chi connectivity index (χ4v) is 2.07. The Kier molecular flexibility index (Phi) is 3.82. The molecule has 5 heteroatoms. The lowest BCUT2D eigenvalue weighted by Gasteiger charge is -2.28. The molecule has 1 fully saturated rings. The summed E-state index contributed by atoms with van der Waals surface area (Å²) in [5.74, 6) is 0.448. The Balaban J connectivity index is 2.03. The predicted octanol–water partition coefficient (Wildman–Crippen LogP) is 2.08. The molecule has 0 bridgehead atoms. The van der Waals surface area contributed by atoms with Gasteiger partial charge in [-0.15, -0.1) is 0 Å². The lowest BCUT2D eigenvalue weighted by atomic mass is 10.1. The predicted molar refractivity (Wildman–Crippen MR) is 65.1 cm³/mol. The molecule has 0 aromatic carbocycles. The summed E-state index contributed by atoms with van der Waals surface area (Å²) in [5.41, 5.74) is 0.480. The van der Waals surface area contributed by atoms with E-state index in [9.17, 15) is 0 Å². The third-order valence-electron chi connectivity index (χ3n) is 2.85. The molecule has 0 saturated carbocycles. The number of nitrogens with zero attached hydrogens (tertiary/aromatic N) is 3. The Morgan fingerprint density at radius 3 is 2.82 bits per heavy atom. The van der Waals surface area contributed by atoms with Gasteiger partial charge in [0, 0.05) is 19.2 Å². The molecule has 0 unspecified atom stereocenters. The average Bonchev–Trinajstić information content (AvgIpc) is 2.31. The summed E-state index contributed by atoms with van der Waals surface area (Å²) in [7, 11) is 2.10. The summed E-state index contributed by atoms with van der Waals surface area (Å²) < 4.78 is 5.75. The molecule has 1 saturated heterocycles. The molecule has 1 aliphatic rings. The number of hydrogen-bond acceptors (Lipinski definition) is 4. The van der Waals surface area contributed by atoms with Crippen LogP contribution in [0.3, 0.4) is 0 Å². The molecule has 0 N–H and O–H groups in total. The Morgan fingerprint density at radius 2 is 2.18 bits per heavy atom. The van der Waals surface area contributed by atoms with E-state index in [0.717, 1.165) is 25.9 Å². The first kappa shape index (κ1) is 12.2. The SMILES string of the molecule is CN1CCC(Oc2cc(C#N)cc(Cl)n2)CC1. The lowest BCUT2D eigenvalue weighted by Crippen LogP contribution is -2.35. The van der Waals surface area contributed by atoms with Crippen LogP contribution in [0.1, 0.15) is 18.4 Å². The van der Waals surface area contributed by atoms with E-state index in [2.05, 4.69) is 16.9 Å². The molecule has 0 aliphatic carbocycles. The van der Waals surface area contributed by atoms with Gasteiger partial charge in [-0.3, -0.25) is 0 Å². The van der Waals surface area contributed by atoms with Crippen LogP contribution in [0.2, 0.25) is 5.15 Å². The van der Waals surface area contributed by atoms with Crippen LogP contribution in [0.4, 0.5) is 0 Å². The second-order valence-electron chi connectivity index (χ2n) is 4.25. The molecule has 1 aromatic rings. The number of ether oxygens (including phenoxy) is 1. The van der Waals surface area contributed by atoms with Crippen LogP contribution in [0.5, 0.6) is 5.88 Å². The van der Waals surface area contributed by atoms with Crippen molar-refractivity contribution in [2.45, 2.75) is 18.9 Å². The second kappa shape index (κ2) is 5.35. The average molecular weight is 252 g/mol. The Bertz CT molecular complexity index is 436. The van der Waals surface area contributed by atoms with E-state index in [0.29, 0.717) is 16.6 Å². The van der Waals surface area contributed by atoms with Gasteiger partial charge >= 0.3 is 0 Å². The highest BCUT2D eigenvalue weighted by Crippen LogP contribution is 2.20. The fourth-order valence-electron chi connectivity index (χ4n) is 1.87. The first-order valence-electron chi connectivity index (χ1n) is 5.60. The summed E-state index contributed by atoms with van der Waals surface area (Å²) in [5, 5.41) is 9.13. The standard InChI is InChI=1S/C12H14ClN3O/c1-16-4-2-10(3-5-16)17-12-7-9(8-14)6-11(13)15-12/h6-7,10H,2-5H2,1H3. The van der Waals surface area contributed by atoms with Crippen LogP contribution in [0.25, 0.3) is 0 Å². The molecule has 1 aromatic heterocycles. The molecule has 2 heterocycles. The van der Waals surface area contributed by atoms with Crippen molar-refractivity contribution in [3.63, 3.8) is 0 Å². The van der Waals surface area contributed by atoms with Gasteiger partial charge in [0.1, 0.15) is 11.3 Å². The number of likely N-dealkylation sites (tertiary alicyclic amines) is 1. The van der Waals surface area contributed by atoms with Gasteiger partial charge in [0.05, 0.1) is 11.6 Å². The zero-order valence-corrected chi connectivity index (χ0v) is 10.4. The van der Waals surface area contributed by atoms with Gasteiger partial charge in [0.25, 0.3) is 0 Å². The molecule has 90 valence electrons. The minimum atomic E-state index is 0.170. The van der Waals surface area contributed by atoms with Gasteiger partial charge in [-0.05, 0) is 26.0 Å². The minimum Gasteiger partial charge on any atom is -0.474 e. The molecule has 4 nitrogen and oxygen atoms in total. The highest BCUT2D eigenvalue weighted by molar-refractivity contribution is 6.29. The first-order chi connectivity index (χ1) is 8.17. The van der Waals surface area contributed by atoms with Crippen LogP contribution in [-0.4, -0.2) is 36.1 Å². The number of piperidine rings is 1. The van der Waals surface area contributed by atoms with Crippen molar-refractivity contribution in [3.05, 3.63) is 22.8 Å². The van der Waals surface area contributed by atoms with E-state index < -0.39 is 0 Å². The molecule has 0 radical (unpaired) electrons. The number of rotatable bonds is 2. The molecular formula is C12H14ClN3O. The largest absolute Gasteiger partial charge is 0.474 e. The Labute approximate surface area is 106 Å². The van der Waals surface area contributed by atoms with Crippen LogP contribution in [0.15, 0.2) is 12.1 Å². The quantitative estimate of drug-likeness (QED) is 0.755. The number of halogens is 1. The lowest BCUT2D eigenvalue weighted by molar-refractivity contribution is 0.110. The third kappa shape index (κ3) is 3.32. The van der Waals surface area contributed by atoms with Gasteiger partial charge in [-0.25, -0.2) is 4.98 Å². The molecule has 0 spiro atoms. The maximum Gasteiger partial charge on any atom is 0.216 e. The molecule has 0 atom stereocenters. The summed E-state index contributed by atoms with van der Waals surface area (Å²) in [4.78, 5) is 6.34. The van der Waals surface area contributed by atoms with Gasteiger partial charge in [-0.2, -0.15) is 5.26 Å². The van der Waals surface area contributed by atoms with Crippen molar-refractivity contribution in [1.82, 2.24) is 9.88 Å². The van der Waals surface area contributed by atoms with Gasteiger partial charge in [0.2, 0.25) is 5.88 Å². The van der Waals surface area contributed by atoms with E-state index >= 15 is 0 Å². The van der Waals surface area contributed by atoms with Crippen molar-refractivity contribution in [2.24, 2.45) is 0 Å². The third-order valence-corrected chi connectivity index (χ3v) is 3.05. The zero-order valence-electron chi connectivity index (χ0n) is 9.69. The van der Waals surface area contributed by atoms with Crippen molar-refractivity contribution in [3.8, 4) is 11.9 Å². The monoisotopic (exact) mass is 251 g/mol. The van der Waals surface area contributed by atoms with E-state index in [1.807, 2.05) is 6.07 Å². The zero-order chi connectivity index (χ0) is 12.3. The van der Waals surface area contributed by atoms with Crippen LogP contribution < -0.4 is 4.74 Å². The Morgan fingerprint density at radius 1 is 1.47 bits per heavy atom. The van der Waals surface area contributed by atoms with Gasteiger partial charge < -0.3 is 9.64 Å². The van der Waals surface area contributed by atoms with E-state index in [-0.39, 0.29) is 6.10 Å². The number of hydrogen-bond donors (Lipinski definition) is 0. The van der Waals surface area contributed by atoms with E-state index in [1.54, 1.807) is 6.07 Å². The summed E-state index contributed by atoms with van der Waals surface area (Å²) in [6.45, 7) is 2.05. The topological polar surface area (TPSA) is 49.1 Å². The molecule has 0 amide bonds. The van der Waals surface area contributed by atoms with Gasteiger partial charge in [-0.1, -0.05) is 11.6 Å². The second-order valence-corrected chi connectivity index (χ2v) is 4.64. The summed E-state index contributed by atoms with van der Waals surface area (Å²) >= 11 is 5.82. The van der Waals surface area contributed by atoms with Crippen LogP contribution in [0, 0.1) is 11.3 Å². The van der Waals surface area contributed by atoms with E-state index in [1.165, 1.54) is 6.07 Å².